The predicted molar refractivity (Wildman–Crippen MR) is 98.9 cm³/mol. The van der Waals surface area contributed by atoms with Gasteiger partial charge in [0, 0.05) is 6.04 Å². The van der Waals surface area contributed by atoms with Crippen molar-refractivity contribution < 1.29 is 13.9 Å². The number of nitrogens with one attached hydrogen (secondary N) is 1. The largest absolute Gasteiger partial charge is 0.493 e. The van der Waals surface area contributed by atoms with Crippen LogP contribution in [-0.2, 0) is 6.54 Å². The van der Waals surface area contributed by atoms with Gasteiger partial charge in [-0.3, -0.25) is 4.79 Å². The van der Waals surface area contributed by atoms with Gasteiger partial charge in [-0.15, -0.1) is 10.2 Å². The van der Waals surface area contributed by atoms with Crippen LogP contribution in [0.5, 0.6) is 5.75 Å². The molecule has 3 rings (SSSR count). The van der Waals surface area contributed by atoms with Crippen LogP contribution in [0.15, 0.2) is 24.5 Å². The topological polar surface area (TPSA) is 95.1 Å². The number of rotatable bonds is 8. The molecule has 1 fully saturated rings. The van der Waals surface area contributed by atoms with E-state index in [0.717, 1.165) is 12.8 Å². The molecule has 1 saturated carbocycles. The van der Waals surface area contributed by atoms with Crippen molar-refractivity contribution in [3.8, 4) is 5.75 Å². The molecular weight excluding hydrogens is 349 g/mol. The van der Waals surface area contributed by atoms with Gasteiger partial charge in [-0.1, -0.05) is 19.3 Å². The highest BCUT2D eigenvalue weighted by Gasteiger charge is 2.20. The quantitative estimate of drug-likeness (QED) is 0.692. The Morgan fingerprint density at radius 3 is 2.93 bits per heavy atom. The molecule has 1 heterocycles. The monoisotopic (exact) mass is 375 g/mol. The number of ether oxygens (including phenoxy) is 1. The smallest absolute Gasteiger partial charge is 0.255 e. The maximum Gasteiger partial charge on any atom is 0.255 e. The van der Waals surface area contributed by atoms with Gasteiger partial charge in [0.2, 0.25) is 0 Å². The van der Waals surface area contributed by atoms with Crippen LogP contribution < -0.4 is 15.8 Å². The third-order valence-corrected chi connectivity index (χ3v) is 4.81. The molecule has 3 N–H and O–H groups in total. The molecule has 0 radical (unpaired) electrons. The summed E-state index contributed by atoms with van der Waals surface area (Å²) in [7, 11) is 0. The van der Waals surface area contributed by atoms with E-state index in [4.69, 9.17) is 10.5 Å². The molecule has 27 heavy (non-hydrogen) atoms. The van der Waals surface area contributed by atoms with E-state index in [-0.39, 0.29) is 12.1 Å². The molecule has 0 atom stereocenters. The normalized spacial score (nSPS) is 14.9. The lowest BCUT2D eigenvalue weighted by Crippen LogP contribution is -2.26. The molecule has 146 valence electrons. The molecular formula is C19H26FN5O2. The van der Waals surface area contributed by atoms with Crippen molar-refractivity contribution in [3.63, 3.8) is 0 Å². The average molecular weight is 375 g/mol. The molecule has 0 aliphatic heterocycles. The molecule has 0 bridgehead atoms. The van der Waals surface area contributed by atoms with Gasteiger partial charge in [-0.25, -0.2) is 4.39 Å². The van der Waals surface area contributed by atoms with Crippen molar-refractivity contribution in [2.24, 2.45) is 5.73 Å². The van der Waals surface area contributed by atoms with Crippen LogP contribution in [0, 0.1) is 5.82 Å². The highest BCUT2D eigenvalue weighted by atomic mass is 19.1. The summed E-state index contributed by atoms with van der Waals surface area (Å²) in [6.07, 6.45) is 8.23. The van der Waals surface area contributed by atoms with E-state index in [1.54, 1.807) is 6.33 Å². The van der Waals surface area contributed by atoms with Gasteiger partial charge in [0.1, 0.15) is 17.9 Å². The van der Waals surface area contributed by atoms with E-state index < -0.39 is 11.7 Å². The Bertz CT molecular complexity index is 758. The summed E-state index contributed by atoms with van der Waals surface area (Å²) in [6.45, 7) is 1.09. The molecule has 1 aromatic heterocycles. The van der Waals surface area contributed by atoms with Crippen LogP contribution >= 0.6 is 0 Å². The molecule has 1 aliphatic carbocycles. The fourth-order valence-electron chi connectivity index (χ4n) is 3.38. The van der Waals surface area contributed by atoms with Gasteiger partial charge in [-0.05, 0) is 44.0 Å². The summed E-state index contributed by atoms with van der Waals surface area (Å²) in [5.74, 6) is 0.153. The summed E-state index contributed by atoms with van der Waals surface area (Å²) in [4.78, 5) is 12.6. The maximum absolute atomic E-state index is 13.6. The second kappa shape index (κ2) is 9.45. The second-order valence-corrected chi connectivity index (χ2v) is 6.76. The molecule has 2 aromatic rings. The van der Waals surface area contributed by atoms with Crippen molar-refractivity contribution in [1.82, 2.24) is 20.1 Å². The molecule has 1 amide bonds. The molecule has 8 heteroatoms. The third-order valence-electron chi connectivity index (χ3n) is 4.81. The fraction of sp³-hybridized carbons (Fsp3) is 0.526. The Kier molecular flexibility index (Phi) is 6.75. The molecule has 7 nitrogen and oxygen atoms in total. The van der Waals surface area contributed by atoms with Gasteiger partial charge in [0.05, 0.1) is 18.7 Å². The number of halogens is 1. The number of carbonyl (C=O) groups is 1. The minimum Gasteiger partial charge on any atom is -0.493 e. The van der Waals surface area contributed by atoms with Crippen molar-refractivity contribution in [2.45, 2.75) is 51.1 Å². The van der Waals surface area contributed by atoms with Gasteiger partial charge >= 0.3 is 0 Å². The fourth-order valence-corrected chi connectivity index (χ4v) is 3.38. The SMILES string of the molecule is NCCCOc1ccc(F)cc1C(=O)NCc1nncn1C1CCCCC1. The van der Waals surface area contributed by atoms with Gasteiger partial charge < -0.3 is 20.4 Å². The van der Waals surface area contributed by atoms with Crippen molar-refractivity contribution in [1.29, 1.82) is 0 Å². The van der Waals surface area contributed by atoms with Crippen LogP contribution in [-0.4, -0.2) is 33.8 Å². The van der Waals surface area contributed by atoms with Crippen molar-refractivity contribution in [3.05, 3.63) is 41.7 Å². The van der Waals surface area contributed by atoms with Gasteiger partial charge in [-0.2, -0.15) is 0 Å². The van der Waals surface area contributed by atoms with Crippen molar-refractivity contribution >= 4 is 5.91 Å². The molecule has 0 spiro atoms. The first-order valence-electron chi connectivity index (χ1n) is 9.48. The highest BCUT2D eigenvalue weighted by Crippen LogP contribution is 2.28. The number of benzene rings is 1. The summed E-state index contributed by atoms with van der Waals surface area (Å²) < 4.78 is 21.2. The molecule has 0 saturated heterocycles. The number of nitrogens with zero attached hydrogens (tertiary/aromatic N) is 3. The Hall–Kier alpha value is -2.48. The second-order valence-electron chi connectivity index (χ2n) is 6.76. The summed E-state index contributed by atoms with van der Waals surface area (Å²) in [6, 6.07) is 4.29. The first-order chi connectivity index (χ1) is 13.2. The van der Waals surface area contributed by atoms with Crippen LogP contribution in [0.1, 0.15) is 60.7 Å². The standard InChI is InChI=1S/C19H26FN5O2/c20-14-7-8-17(27-10-4-9-21)16(11-14)19(26)22-12-18-24-23-13-25(18)15-5-2-1-3-6-15/h7-8,11,13,15H,1-6,9-10,12,21H2,(H,22,26). The number of nitrogens with two attached hydrogens (primary N) is 1. The minimum absolute atomic E-state index is 0.163. The first kappa shape index (κ1) is 19.3. The zero-order valence-electron chi connectivity index (χ0n) is 15.4. The van der Waals surface area contributed by atoms with Gasteiger partial charge in [0.15, 0.2) is 5.82 Å². The lowest BCUT2D eigenvalue weighted by Gasteiger charge is -2.24. The van der Waals surface area contributed by atoms with Gasteiger partial charge in [0.25, 0.3) is 5.91 Å². The Labute approximate surface area is 158 Å². The van der Waals surface area contributed by atoms with E-state index in [9.17, 15) is 9.18 Å². The zero-order chi connectivity index (χ0) is 19.1. The predicted octanol–water partition coefficient (Wildman–Crippen LogP) is 2.58. The number of amides is 1. The van der Waals surface area contributed by atoms with E-state index in [1.165, 1.54) is 37.5 Å². The highest BCUT2D eigenvalue weighted by molar-refractivity contribution is 5.96. The van der Waals surface area contributed by atoms with Crippen LogP contribution in [0.4, 0.5) is 4.39 Å². The zero-order valence-corrected chi connectivity index (χ0v) is 15.4. The average Bonchev–Trinajstić information content (AvgIpc) is 3.16. The number of carbonyl (C=O) groups excluding carboxylic acids is 1. The third kappa shape index (κ3) is 5.03. The van der Waals surface area contributed by atoms with E-state index in [1.807, 2.05) is 4.57 Å². The van der Waals surface area contributed by atoms with E-state index in [0.29, 0.717) is 37.2 Å². The van der Waals surface area contributed by atoms with Crippen molar-refractivity contribution in [2.75, 3.05) is 13.2 Å². The van der Waals surface area contributed by atoms with Crippen LogP contribution in [0.25, 0.3) is 0 Å². The molecule has 0 unspecified atom stereocenters. The van der Waals surface area contributed by atoms with E-state index in [2.05, 4.69) is 15.5 Å². The van der Waals surface area contributed by atoms with Crippen LogP contribution in [0.2, 0.25) is 0 Å². The number of hydrogen-bond donors (Lipinski definition) is 2. The number of aromatic nitrogens is 3. The Morgan fingerprint density at radius 2 is 2.15 bits per heavy atom. The molecule has 1 aliphatic rings. The Morgan fingerprint density at radius 1 is 1.33 bits per heavy atom. The Balaban J connectivity index is 1.66. The summed E-state index contributed by atoms with van der Waals surface area (Å²) in [5, 5.41) is 10.9. The first-order valence-corrected chi connectivity index (χ1v) is 9.48. The minimum atomic E-state index is -0.489. The lowest BCUT2D eigenvalue weighted by atomic mass is 9.95. The summed E-state index contributed by atoms with van der Waals surface area (Å²) >= 11 is 0. The molecule has 1 aromatic carbocycles. The lowest BCUT2D eigenvalue weighted by molar-refractivity contribution is 0.0944. The van der Waals surface area contributed by atoms with Crippen LogP contribution in [0.3, 0.4) is 0 Å². The summed E-state index contributed by atoms with van der Waals surface area (Å²) in [5.41, 5.74) is 5.62. The maximum atomic E-state index is 13.6. The number of hydrogen-bond acceptors (Lipinski definition) is 5. The van der Waals surface area contributed by atoms with E-state index >= 15 is 0 Å².